The summed E-state index contributed by atoms with van der Waals surface area (Å²) >= 11 is 0. The van der Waals surface area contributed by atoms with Gasteiger partial charge in [-0.3, -0.25) is 4.98 Å². The number of pyridine rings is 1. The fourth-order valence-corrected chi connectivity index (χ4v) is 2.05. The number of rotatable bonds is 4. The summed E-state index contributed by atoms with van der Waals surface area (Å²) in [4.78, 5) is 4.02. The summed E-state index contributed by atoms with van der Waals surface area (Å²) in [6, 6.07) is 9.39. The van der Waals surface area contributed by atoms with Crippen LogP contribution in [0.3, 0.4) is 0 Å². The largest absolute Gasteiger partial charge is 0.320 e. The van der Waals surface area contributed by atoms with Crippen molar-refractivity contribution in [3.8, 4) is 0 Å². The second-order valence-electron chi connectivity index (χ2n) is 4.64. The highest BCUT2D eigenvalue weighted by Crippen LogP contribution is 2.26. The van der Waals surface area contributed by atoms with Crippen molar-refractivity contribution in [2.24, 2.45) is 5.73 Å². The first kappa shape index (κ1) is 13.6. The molecule has 2 N–H and O–H groups in total. The molecule has 2 rings (SSSR count). The molecule has 1 atom stereocenters. The van der Waals surface area contributed by atoms with Gasteiger partial charge in [0.1, 0.15) is 11.6 Å². The van der Waals surface area contributed by atoms with Crippen molar-refractivity contribution in [1.82, 2.24) is 4.98 Å². The van der Waals surface area contributed by atoms with E-state index in [9.17, 15) is 8.78 Å². The van der Waals surface area contributed by atoms with Crippen molar-refractivity contribution >= 4 is 0 Å². The van der Waals surface area contributed by atoms with Crippen LogP contribution < -0.4 is 5.73 Å². The molecule has 1 heterocycles. The Kier molecular flexibility index (Phi) is 3.90. The first-order chi connectivity index (χ1) is 9.05. The quantitative estimate of drug-likeness (QED) is 0.919. The van der Waals surface area contributed by atoms with Crippen molar-refractivity contribution in [3.05, 3.63) is 65.5 Å². The molecule has 100 valence electrons. The molecule has 0 bridgehead atoms. The van der Waals surface area contributed by atoms with E-state index >= 15 is 0 Å². The minimum atomic E-state index is -0.796. The molecule has 0 aliphatic heterocycles. The van der Waals surface area contributed by atoms with E-state index in [2.05, 4.69) is 4.98 Å². The molecule has 4 heteroatoms. The highest BCUT2D eigenvalue weighted by atomic mass is 19.1. The lowest BCUT2D eigenvalue weighted by molar-refractivity contribution is 0.403. The van der Waals surface area contributed by atoms with Gasteiger partial charge in [-0.25, -0.2) is 8.78 Å². The molecule has 0 radical (unpaired) electrons. The number of hydrogen-bond acceptors (Lipinski definition) is 2. The normalized spacial score (nSPS) is 14.1. The first-order valence-electron chi connectivity index (χ1n) is 6.19. The maximum absolute atomic E-state index is 13.7. The van der Waals surface area contributed by atoms with Gasteiger partial charge in [0.25, 0.3) is 0 Å². The molecule has 19 heavy (non-hydrogen) atoms. The zero-order chi connectivity index (χ0) is 13.9. The molecule has 1 unspecified atom stereocenters. The monoisotopic (exact) mass is 262 g/mol. The minimum absolute atomic E-state index is 0.284. The Morgan fingerprint density at radius 3 is 2.47 bits per heavy atom. The lowest BCUT2D eigenvalue weighted by Gasteiger charge is -2.28. The van der Waals surface area contributed by atoms with Gasteiger partial charge in [0.05, 0.1) is 17.4 Å². The van der Waals surface area contributed by atoms with Crippen molar-refractivity contribution < 1.29 is 8.78 Å². The third-order valence-corrected chi connectivity index (χ3v) is 3.33. The topological polar surface area (TPSA) is 38.9 Å². The molecular formula is C15H16F2N2. The summed E-state index contributed by atoms with van der Waals surface area (Å²) in [7, 11) is 0. The fourth-order valence-electron chi connectivity index (χ4n) is 2.05. The molecule has 0 saturated carbocycles. The second kappa shape index (κ2) is 5.45. The highest BCUT2D eigenvalue weighted by molar-refractivity contribution is 5.24. The number of benzene rings is 1. The minimum Gasteiger partial charge on any atom is -0.320 e. The Labute approximate surface area is 111 Å². The van der Waals surface area contributed by atoms with Crippen LogP contribution in [-0.2, 0) is 12.0 Å². The van der Waals surface area contributed by atoms with Crippen LogP contribution in [-0.4, -0.2) is 4.98 Å². The summed E-state index contributed by atoms with van der Waals surface area (Å²) in [5.74, 6) is -0.694. The van der Waals surface area contributed by atoms with Crippen LogP contribution in [0.15, 0.2) is 42.6 Å². The maximum atomic E-state index is 13.7. The molecule has 0 aliphatic rings. The van der Waals surface area contributed by atoms with Gasteiger partial charge in [-0.2, -0.15) is 0 Å². The SMILES string of the molecule is CCC(N)(Cc1ccccc1F)c1ccc(F)cn1. The number of aromatic nitrogens is 1. The van der Waals surface area contributed by atoms with Crippen LogP contribution in [0.2, 0.25) is 0 Å². The summed E-state index contributed by atoms with van der Waals surface area (Å²) < 4.78 is 26.6. The molecule has 0 amide bonds. The van der Waals surface area contributed by atoms with Crippen molar-refractivity contribution in [3.63, 3.8) is 0 Å². The molecule has 0 aliphatic carbocycles. The summed E-state index contributed by atoms with van der Waals surface area (Å²) in [6.07, 6.45) is 2.04. The van der Waals surface area contributed by atoms with Gasteiger partial charge < -0.3 is 5.73 Å². The van der Waals surface area contributed by atoms with E-state index in [0.717, 1.165) is 6.20 Å². The third kappa shape index (κ3) is 2.96. The number of hydrogen-bond donors (Lipinski definition) is 1. The summed E-state index contributed by atoms with van der Waals surface area (Å²) in [5, 5.41) is 0. The maximum Gasteiger partial charge on any atom is 0.141 e. The molecule has 2 nitrogen and oxygen atoms in total. The van der Waals surface area contributed by atoms with Crippen LogP contribution in [0.1, 0.15) is 24.6 Å². The van der Waals surface area contributed by atoms with Crippen LogP contribution in [0.25, 0.3) is 0 Å². The van der Waals surface area contributed by atoms with Gasteiger partial charge in [-0.15, -0.1) is 0 Å². The van der Waals surface area contributed by atoms with Crippen molar-refractivity contribution in [2.45, 2.75) is 25.3 Å². The predicted molar refractivity (Wildman–Crippen MR) is 70.5 cm³/mol. The molecule has 0 saturated heterocycles. The van der Waals surface area contributed by atoms with Crippen LogP contribution in [0, 0.1) is 11.6 Å². The van der Waals surface area contributed by atoms with Gasteiger partial charge in [0.15, 0.2) is 0 Å². The molecule has 1 aromatic heterocycles. The van der Waals surface area contributed by atoms with Gasteiger partial charge in [-0.1, -0.05) is 25.1 Å². The van der Waals surface area contributed by atoms with E-state index < -0.39 is 11.4 Å². The standard InChI is InChI=1S/C15H16F2N2/c1-2-15(18,14-8-7-12(16)10-19-14)9-11-5-3-4-6-13(11)17/h3-8,10H,2,9,18H2,1H3. The van der Waals surface area contributed by atoms with E-state index in [-0.39, 0.29) is 5.82 Å². The molecule has 1 aromatic carbocycles. The second-order valence-corrected chi connectivity index (χ2v) is 4.64. The average Bonchev–Trinajstić information content (AvgIpc) is 2.42. The zero-order valence-corrected chi connectivity index (χ0v) is 10.7. The Bertz CT molecular complexity index is 554. The average molecular weight is 262 g/mol. The van der Waals surface area contributed by atoms with E-state index in [0.29, 0.717) is 24.1 Å². The fraction of sp³-hybridized carbons (Fsp3) is 0.267. The third-order valence-electron chi connectivity index (χ3n) is 3.33. The van der Waals surface area contributed by atoms with Crippen molar-refractivity contribution in [2.75, 3.05) is 0 Å². The predicted octanol–water partition coefficient (Wildman–Crippen LogP) is 3.17. The lowest BCUT2D eigenvalue weighted by atomic mass is 9.85. The number of nitrogens with two attached hydrogens (primary N) is 1. The Morgan fingerprint density at radius 2 is 1.89 bits per heavy atom. The van der Waals surface area contributed by atoms with E-state index in [1.165, 1.54) is 12.1 Å². The summed E-state index contributed by atoms with van der Waals surface area (Å²) in [6.45, 7) is 1.91. The van der Waals surface area contributed by atoms with Crippen molar-refractivity contribution in [1.29, 1.82) is 0 Å². The first-order valence-corrected chi connectivity index (χ1v) is 6.19. The van der Waals surface area contributed by atoms with Gasteiger partial charge in [0.2, 0.25) is 0 Å². The van der Waals surface area contributed by atoms with Crippen LogP contribution in [0.5, 0.6) is 0 Å². The van der Waals surface area contributed by atoms with Gasteiger partial charge >= 0.3 is 0 Å². The molecule has 0 spiro atoms. The molecular weight excluding hydrogens is 246 g/mol. The van der Waals surface area contributed by atoms with Crippen LogP contribution in [0.4, 0.5) is 8.78 Å². The highest BCUT2D eigenvalue weighted by Gasteiger charge is 2.28. The Morgan fingerprint density at radius 1 is 1.16 bits per heavy atom. The number of halogens is 2. The molecule has 0 fully saturated rings. The van der Waals surface area contributed by atoms with E-state index in [4.69, 9.17) is 5.73 Å². The van der Waals surface area contributed by atoms with Gasteiger partial charge in [-0.05, 0) is 36.6 Å². The van der Waals surface area contributed by atoms with Crippen LogP contribution >= 0.6 is 0 Å². The smallest absolute Gasteiger partial charge is 0.141 e. The van der Waals surface area contributed by atoms with E-state index in [1.807, 2.05) is 6.92 Å². The number of nitrogens with zero attached hydrogens (tertiary/aromatic N) is 1. The molecule has 2 aromatic rings. The zero-order valence-electron chi connectivity index (χ0n) is 10.7. The van der Waals surface area contributed by atoms with E-state index in [1.54, 1.807) is 24.3 Å². The lowest BCUT2D eigenvalue weighted by Crippen LogP contribution is -2.39. The van der Waals surface area contributed by atoms with Gasteiger partial charge in [0, 0.05) is 0 Å². The Hall–Kier alpha value is -1.81. The Balaban J connectivity index is 2.33. The summed E-state index contributed by atoms with van der Waals surface area (Å²) in [5.41, 5.74) is 6.63.